The number of carbonyl (C=O) groups excluding carboxylic acids is 1. The molecule has 2 rings (SSSR count). The topological polar surface area (TPSA) is 50.7 Å². The first-order valence-electron chi connectivity index (χ1n) is 7.50. The summed E-state index contributed by atoms with van der Waals surface area (Å²) in [4.78, 5) is 11.8. The van der Waals surface area contributed by atoms with Crippen molar-refractivity contribution in [3.05, 3.63) is 63.6 Å². The maximum atomic E-state index is 11.8. The summed E-state index contributed by atoms with van der Waals surface area (Å²) in [6.45, 7) is 3.74. The van der Waals surface area contributed by atoms with Gasteiger partial charge in [0, 0.05) is 5.02 Å². The largest absolute Gasteiger partial charge is 0.482 e. The van der Waals surface area contributed by atoms with E-state index in [1.807, 2.05) is 31.2 Å². The van der Waals surface area contributed by atoms with E-state index in [2.05, 4.69) is 17.5 Å². The molecule has 24 heavy (non-hydrogen) atoms. The Kier molecular flexibility index (Phi) is 6.64. The van der Waals surface area contributed by atoms with Crippen LogP contribution in [0.25, 0.3) is 0 Å². The van der Waals surface area contributed by atoms with Crippen LogP contribution in [-0.2, 0) is 11.2 Å². The van der Waals surface area contributed by atoms with Crippen LogP contribution in [0.15, 0.2) is 47.6 Å². The summed E-state index contributed by atoms with van der Waals surface area (Å²) in [6.07, 6.45) is 0.984. The molecule has 0 radical (unpaired) electrons. The van der Waals surface area contributed by atoms with Gasteiger partial charge in [-0.15, -0.1) is 0 Å². The number of halogens is 2. The quantitative estimate of drug-likeness (QED) is 0.606. The van der Waals surface area contributed by atoms with Gasteiger partial charge in [0.2, 0.25) is 0 Å². The molecule has 6 heteroatoms. The molecule has 0 atom stereocenters. The zero-order valence-electron chi connectivity index (χ0n) is 13.5. The number of ether oxygens (including phenoxy) is 1. The molecule has 0 bridgehead atoms. The third-order valence-corrected chi connectivity index (χ3v) is 3.91. The average molecular weight is 365 g/mol. The molecule has 2 aromatic rings. The molecular weight excluding hydrogens is 347 g/mol. The predicted molar refractivity (Wildman–Crippen MR) is 98.1 cm³/mol. The van der Waals surface area contributed by atoms with Gasteiger partial charge in [0.05, 0.1) is 10.7 Å². The lowest BCUT2D eigenvalue weighted by molar-refractivity contribution is -0.123. The number of nitrogens with one attached hydrogen (secondary N) is 1. The fourth-order valence-corrected chi connectivity index (χ4v) is 2.42. The molecule has 1 amide bonds. The molecule has 0 unspecified atom stereocenters. The number of carbonyl (C=O) groups is 1. The number of hydrogen-bond donors (Lipinski definition) is 1. The maximum absolute atomic E-state index is 11.8. The zero-order valence-corrected chi connectivity index (χ0v) is 15.0. The van der Waals surface area contributed by atoms with Gasteiger partial charge in [-0.1, -0.05) is 54.4 Å². The molecule has 0 saturated carbocycles. The molecule has 0 spiro atoms. The summed E-state index contributed by atoms with van der Waals surface area (Å²) in [7, 11) is 0. The highest BCUT2D eigenvalue weighted by Gasteiger charge is 2.06. The number of hydrazone groups is 1. The minimum Gasteiger partial charge on any atom is -0.482 e. The summed E-state index contributed by atoms with van der Waals surface area (Å²) in [5.41, 5.74) is 5.39. The molecule has 0 fully saturated rings. The molecule has 0 aliphatic carbocycles. The Labute approximate surface area is 151 Å². The van der Waals surface area contributed by atoms with E-state index in [1.165, 1.54) is 5.56 Å². The van der Waals surface area contributed by atoms with Crippen molar-refractivity contribution in [2.24, 2.45) is 5.10 Å². The lowest BCUT2D eigenvalue weighted by Gasteiger charge is -2.08. The molecule has 2 aromatic carbocycles. The summed E-state index contributed by atoms with van der Waals surface area (Å²) in [6, 6.07) is 12.9. The molecular formula is C18H18Cl2N2O2. The number of rotatable bonds is 6. The van der Waals surface area contributed by atoms with Crippen LogP contribution in [0.4, 0.5) is 0 Å². The average Bonchev–Trinajstić information content (AvgIpc) is 2.59. The highest BCUT2D eigenvalue weighted by Crippen LogP contribution is 2.27. The molecule has 4 nitrogen and oxygen atoms in total. The van der Waals surface area contributed by atoms with Crippen LogP contribution in [0.2, 0.25) is 10.0 Å². The summed E-state index contributed by atoms with van der Waals surface area (Å²) in [5.74, 6) is 0.0256. The maximum Gasteiger partial charge on any atom is 0.277 e. The first-order chi connectivity index (χ1) is 11.5. The summed E-state index contributed by atoms with van der Waals surface area (Å²) >= 11 is 11.8. The first-order valence-corrected chi connectivity index (χ1v) is 8.25. The van der Waals surface area contributed by atoms with Gasteiger partial charge < -0.3 is 4.74 Å². The molecule has 0 aliphatic rings. The Morgan fingerprint density at radius 2 is 1.88 bits per heavy atom. The van der Waals surface area contributed by atoms with Gasteiger partial charge >= 0.3 is 0 Å². The zero-order chi connectivity index (χ0) is 17.5. The van der Waals surface area contributed by atoms with E-state index in [0.717, 1.165) is 17.7 Å². The van der Waals surface area contributed by atoms with Gasteiger partial charge in [-0.25, -0.2) is 5.43 Å². The SMILES string of the molecule is CCc1ccc(/C(C)=N\NC(=O)COc2ccc(Cl)cc2Cl)cc1. The number of aryl methyl sites for hydroxylation is 1. The van der Waals surface area contributed by atoms with Crippen molar-refractivity contribution >= 4 is 34.8 Å². The van der Waals surface area contributed by atoms with E-state index < -0.39 is 0 Å². The molecule has 0 heterocycles. The van der Waals surface area contributed by atoms with Crippen LogP contribution < -0.4 is 10.2 Å². The number of nitrogens with zero attached hydrogens (tertiary/aromatic N) is 1. The monoisotopic (exact) mass is 364 g/mol. The van der Waals surface area contributed by atoms with Crippen molar-refractivity contribution in [1.82, 2.24) is 5.43 Å². The lowest BCUT2D eigenvalue weighted by atomic mass is 10.1. The van der Waals surface area contributed by atoms with Crippen LogP contribution in [-0.4, -0.2) is 18.2 Å². The molecule has 126 valence electrons. The van der Waals surface area contributed by atoms with Crippen molar-refractivity contribution in [3.63, 3.8) is 0 Å². The van der Waals surface area contributed by atoms with E-state index in [-0.39, 0.29) is 12.5 Å². The van der Waals surface area contributed by atoms with Gasteiger partial charge in [0.1, 0.15) is 5.75 Å². The highest BCUT2D eigenvalue weighted by molar-refractivity contribution is 6.35. The van der Waals surface area contributed by atoms with Crippen LogP contribution in [0.3, 0.4) is 0 Å². The highest BCUT2D eigenvalue weighted by atomic mass is 35.5. The van der Waals surface area contributed by atoms with Crippen molar-refractivity contribution in [2.75, 3.05) is 6.61 Å². The second-order valence-electron chi connectivity index (χ2n) is 5.15. The van der Waals surface area contributed by atoms with Crippen molar-refractivity contribution in [3.8, 4) is 5.75 Å². The minimum absolute atomic E-state index is 0.188. The standard InChI is InChI=1S/C18H18Cl2N2O2/c1-3-13-4-6-14(7-5-13)12(2)21-22-18(23)11-24-17-9-8-15(19)10-16(17)20/h4-10H,3,11H2,1-2H3,(H,22,23)/b21-12-. The van der Waals surface area contributed by atoms with Crippen LogP contribution in [0.1, 0.15) is 25.0 Å². The van der Waals surface area contributed by atoms with Crippen LogP contribution >= 0.6 is 23.2 Å². The van der Waals surface area contributed by atoms with E-state index in [0.29, 0.717) is 15.8 Å². The fourth-order valence-electron chi connectivity index (χ4n) is 1.96. The summed E-state index contributed by atoms with van der Waals surface area (Å²) < 4.78 is 5.35. The predicted octanol–water partition coefficient (Wildman–Crippen LogP) is 4.48. The Balaban J connectivity index is 1.89. The number of benzene rings is 2. The van der Waals surface area contributed by atoms with E-state index in [9.17, 15) is 4.79 Å². The van der Waals surface area contributed by atoms with Gasteiger partial charge in [-0.3, -0.25) is 4.79 Å². The van der Waals surface area contributed by atoms with Crippen LogP contribution in [0, 0.1) is 0 Å². The third kappa shape index (κ3) is 5.25. The number of amides is 1. The Bertz CT molecular complexity index is 743. The van der Waals surface area contributed by atoms with E-state index in [1.54, 1.807) is 18.2 Å². The minimum atomic E-state index is -0.370. The van der Waals surface area contributed by atoms with Crippen molar-refractivity contribution < 1.29 is 9.53 Å². The smallest absolute Gasteiger partial charge is 0.277 e. The Morgan fingerprint density at radius 1 is 1.17 bits per heavy atom. The second-order valence-corrected chi connectivity index (χ2v) is 5.99. The second kappa shape index (κ2) is 8.71. The van der Waals surface area contributed by atoms with Crippen molar-refractivity contribution in [2.45, 2.75) is 20.3 Å². The molecule has 1 N–H and O–H groups in total. The van der Waals surface area contributed by atoms with E-state index in [4.69, 9.17) is 27.9 Å². The van der Waals surface area contributed by atoms with Gasteiger partial charge in [0.15, 0.2) is 6.61 Å². The fraction of sp³-hybridized carbons (Fsp3) is 0.222. The molecule has 0 saturated heterocycles. The van der Waals surface area contributed by atoms with Crippen LogP contribution in [0.5, 0.6) is 5.75 Å². The van der Waals surface area contributed by atoms with Gasteiger partial charge in [-0.2, -0.15) is 5.10 Å². The Morgan fingerprint density at radius 3 is 2.50 bits per heavy atom. The third-order valence-electron chi connectivity index (χ3n) is 3.38. The Hall–Kier alpha value is -2.04. The first kappa shape index (κ1) is 18.3. The summed E-state index contributed by atoms with van der Waals surface area (Å²) in [5, 5.41) is 4.94. The normalized spacial score (nSPS) is 11.2. The van der Waals surface area contributed by atoms with Gasteiger partial charge in [-0.05, 0) is 42.7 Å². The van der Waals surface area contributed by atoms with Gasteiger partial charge in [0.25, 0.3) is 5.91 Å². The number of hydrogen-bond acceptors (Lipinski definition) is 3. The van der Waals surface area contributed by atoms with Crippen molar-refractivity contribution in [1.29, 1.82) is 0 Å². The molecule has 0 aliphatic heterocycles. The molecule has 0 aromatic heterocycles. The van der Waals surface area contributed by atoms with E-state index >= 15 is 0 Å². The lowest BCUT2D eigenvalue weighted by Crippen LogP contribution is -2.25.